The van der Waals surface area contributed by atoms with Gasteiger partial charge in [-0.2, -0.15) is 0 Å². The van der Waals surface area contributed by atoms with Crippen molar-refractivity contribution in [2.24, 2.45) is 0 Å². The van der Waals surface area contributed by atoms with Gasteiger partial charge in [0.2, 0.25) is 21.8 Å². The van der Waals surface area contributed by atoms with Gasteiger partial charge in [0.15, 0.2) is 0 Å². The second kappa shape index (κ2) is 14.0. The summed E-state index contributed by atoms with van der Waals surface area (Å²) >= 11 is 3.43. The summed E-state index contributed by atoms with van der Waals surface area (Å²) in [5, 5.41) is 3.14. The standard InChI is InChI=1S/C28H38BrN3O5S/c1-21(28(34)30-24-9-5-4-6-10-24)31(20-22-14-16-23(29)17-15-22)27(33)13-8-18-32(38(3,35)36)25-11-7-12-26(19-25)37-2/h7,11-12,14-17,19,21,24H,4-6,8-10,13,18,20H2,1-3H3,(H,30,34). The van der Waals surface area contributed by atoms with E-state index >= 15 is 0 Å². The van der Waals surface area contributed by atoms with Crippen LogP contribution in [0.3, 0.4) is 0 Å². The molecule has 2 aromatic rings. The lowest BCUT2D eigenvalue weighted by Gasteiger charge is -2.31. The molecule has 1 N–H and O–H groups in total. The van der Waals surface area contributed by atoms with Crippen LogP contribution < -0.4 is 14.4 Å². The van der Waals surface area contributed by atoms with Gasteiger partial charge in [-0.15, -0.1) is 0 Å². The summed E-state index contributed by atoms with van der Waals surface area (Å²) in [4.78, 5) is 28.2. The van der Waals surface area contributed by atoms with Gasteiger partial charge in [0.1, 0.15) is 11.8 Å². The first-order valence-corrected chi connectivity index (χ1v) is 15.7. The molecule has 0 spiro atoms. The molecule has 3 rings (SSSR count). The number of halogens is 1. The third-order valence-electron chi connectivity index (χ3n) is 6.88. The van der Waals surface area contributed by atoms with E-state index in [2.05, 4.69) is 21.2 Å². The Kier molecular flexibility index (Phi) is 11.0. The van der Waals surface area contributed by atoms with Gasteiger partial charge in [-0.25, -0.2) is 8.42 Å². The Balaban J connectivity index is 1.71. The van der Waals surface area contributed by atoms with Gasteiger partial charge in [0.25, 0.3) is 0 Å². The summed E-state index contributed by atoms with van der Waals surface area (Å²) < 4.78 is 32.5. The lowest BCUT2D eigenvalue weighted by Crippen LogP contribution is -2.50. The maximum atomic E-state index is 13.5. The van der Waals surface area contributed by atoms with Gasteiger partial charge in [-0.3, -0.25) is 13.9 Å². The average Bonchev–Trinajstić information content (AvgIpc) is 2.90. The van der Waals surface area contributed by atoms with E-state index in [4.69, 9.17) is 4.74 Å². The van der Waals surface area contributed by atoms with Gasteiger partial charge in [-0.1, -0.05) is 53.4 Å². The fourth-order valence-corrected chi connectivity index (χ4v) is 5.93. The number of methoxy groups -OCH3 is 1. The van der Waals surface area contributed by atoms with Gasteiger partial charge in [0.05, 0.1) is 19.1 Å². The van der Waals surface area contributed by atoms with E-state index in [-0.39, 0.29) is 37.4 Å². The van der Waals surface area contributed by atoms with Crippen molar-refractivity contribution in [2.45, 2.75) is 70.5 Å². The number of benzene rings is 2. The van der Waals surface area contributed by atoms with Gasteiger partial charge >= 0.3 is 0 Å². The molecule has 1 unspecified atom stereocenters. The van der Waals surface area contributed by atoms with Crippen molar-refractivity contribution >= 4 is 43.5 Å². The number of amides is 2. The molecule has 0 aliphatic heterocycles. The number of hydrogen-bond acceptors (Lipinski definition) is 5. The molecule has 208 valence electrons. The molecule has 0 aromatic heterocycles. The van der Waals surface area contributed by atoms with E-state index < -0.39 is 16.1 Å². The monoisotopic (exact) mass is 607 g/mol. The van der Waals surface area contributed by atoms with Crippen molar-refractivity contribution in [3.8, 4) is 5.75 Å². The number of carbonyl (C=O) groups excluding carboxylic acids is 2. The lowest BCUT2D eigenvalue weighted by atomic mass is 9.95. The SMILES string of the molecule is COc1cccc(N(CCCC(=O)N(Cc2ccc(Br)cc2)C(C)C(=O)NC2CCCCC2)S(C)(=O)=O)c1. The minimum atomic E-state index is -3.58. The van der Waals surface area contributed by atoms with Crippen LogP contribution in [-0.4, -0.2) is 57.1 Å². The number of nitrogens with one attached hydrogen (secondary N) is 1. The topological polar surface area (TPSA) is 96.0 Å². The van der Waals surface area contributed by atoms with Crippen LogP contribution in [-0.2, 0) is 26.2 Å². The Hall–Kier alpha value is -2.59. The molecule has 0 heterocycles. The number of hydrogen-bond donors (Lipinski definition) is 1. The van der Waals surface area contributed by atoms with E-state index in [1.54, 1.807) is 36.1 Å². The number of anilines is 1. The molecule has 0 saturated heterocycles. The minimum absolute atomic E-state index is 0.105. The first-order valence-electron chi connectivity index (χ1n) is 13.0. The third-order valence-corrected chi connectivity index (χ3v) is 8.60. The van der Waals surface area contributed by atoms with Crippen LogP contribution in [0.15, 0.2) is 53.0 Å². The smallest absolute Gasteiger partial charge is 0.242 e. The minimum Gasteiger partial charge on any atom is -0.497 e. The molecule has 38 heavy (non-hydrogen) atoms. The van der Waals surface area contributed by atoms with Gasteiger partial charge in [-0.05, 0) is 56.0 Å². The largest absolute Gasteiger partial charge is 0.497 e. The van der Waals surface area contributed by atoms with E-state index in [1.807, 2.05) is 24.3 Å². The molecule has 10 heteroatoms. The molecular weight excluding hydrogens is 570 g/mol. The molecule has 1 aliphatic rings. The van der Waals surface area contributed by atoms with Crippen LogP contribution in [0.2, 0.25) is 0 Å². The second-order valence-corrected chi connectivity index (χ2v) is 12.6. The maximum absolute atomic E-state index is 13.5. The number of nitrogens with zero attached hydrogens (tertiary/aromatic N) is 2. The first kappa shape index (κ1) is 30.0. The average molecular weight is 609 g/mol. The predicted molar refractivity (Wildman–Crippen MR) is 154 cm³/mol. The molecular formula is C28H38BrN3O5S. The highest BCUT2D eigenvalue weighted by Gasteiger charge is 2.28. The van der Waals surface area contributed by atoms with Crippen LogP contribution in [0.1, 0.15) is 57.4 Å². The fraction of sp³-hybridized carbons (Fsp3) is 0.500. The normalized spacial score (nSPS) is 14.9. The molecule has 1 atom stereocenters. The van der Waals surface area contributed by atoms with Crippen molar-refractivity contribution in [1.82, 2.24) is 10.2 Å². The highest BCUT2D eigenvalue weighted by Crippen LogP contribution is 2.24. The quantitative estimate of drug-likeness (QED) is 0.371. The summed E-state index contributed by atoms with van der Waals surface area (Å²) in [7, 11) is -2.05. The van der Waals surface area contributed by atoms with E-state index in [9.17, 15) is 18.0 Å². The molecule has 1 fully saturated rings. The summed E-state index contributed by atoms with van der Waals surface area (Å²) in [5.41, 5.74) is 1.39. The Morgan fingerprint density at radius 3 is 2.42 bits per heavy atom. The second-order valence-electron chi connectivity index (χ2n) is 9.81. The molecule has 0 bridgehead atoms. The zero-order valence-electron chi connectivity index (χ0n) is 22.4. The Labute approximate surface area is 234 Å². The van der Waals surface area contributed by atoms with Crippen LogP contribution in [0.25, 0.3) is 0 Å². The maximum Gasteiger partial charge on any atom is 0.242 e. The number of ether oxygens (including phenoxy) is 1. The molecule has 8 nitrogen and oxygen atoms in total. The van der Waals surface area contributed by atoms with E-state index in [0.717, 1.165) is 42.0 Å². The zero-order chi connectivity index (χ0) is 27.7. The van der Waals surface area contributed by atoms with Crippen molar-refractivity contribution in [2.75, 3.05) is 24.2 Å². The van der Waals surface area contributed by atoms with Crippen molar-refractivity contribution in [3.05, 3.63) is 58.6 Å². The van der Waals surface area contributed by atoms with Crippen molar-refractivity contribution < 1.29 is 22.7 Å². The summed E-state index contributed by atoms with van der Waals surface area (Å²) in [6.07, 6.45) is 6.87. The third kappa shape index (κ3) is 8.73. The van der Waals surface area contributed by atoms with Crippen molar-refractivity contribution in [3.63, 3.8) is 0 Å². The number of carbonyl (C=O) groups is 2. The van der Waals surface area contributed by atoms with E-state index in [1.165, 1.54) is 17.8 Å². The molecule has 2 amide bonds. The lowest BCUT2D eigenvalue weighted by molar-refractivity contribution is -0.141. The highest BCUT2D eigenvalue weighted by atomic mass is 79.9. The zero-order valence-corrected chi connectivity index (χ0v) is 24.8. The molecule has 2 aromatic carbocycles. The molecule has 0 radical (unpaired) electrons. The Morgan fingerprint density at radius 2 is 1.79 bits per heavy atom. The van der Waals surface area contributed by atoms with Crippen LogP contribution in [0, 0.1) is 0 Å². The first-order chi connectivity index (χ1) is 18.1. The molecule has 1 saturated carbocycles. The van der Waals surface area contributed by atoms with Gasteiger partial charge in [0, 0.05) is 36.1 Å². The number of rotatable bonds is 12. The fourth-order valence-electron chi connectivity index (χ4n) is 4.71. The van der Waals surface area contributed by atoms with Crippen LogP contribution in [0.4, 0.5) is 5.69 Å². The summed E-state index contributed by atoms with van der Waals surface area (Å²) in [5.74, 6) is 0.195. The summed E-state index contributed by atoms with van der Waals surface area (Å²) in [6.45, 7) is 2.18. The van der Waals surface area contributed by atoms with E-state index in [0.29, 0.717) is 17.9 Å². The Morgan fingerprint density at radius 1 is 1.11 bits per heavy atom. The van der Waals surface area contributed by atoms with Crippen LogP contribution >= 0.6 is 15.9 Å². The Bertz CT molecular complexity index is 1180. The predicted octanol–water partition coefficient (Wildman–Crippen LogP) is 4.87. The summed E-state index contributed by atoms with van der Waals surface area (Å²) in [6, 6.07) is 14.0. The molecule has 1 aliphatic carbocycles. The number of sulfonamides is 1. The van der Waals surface area contributed by atoms with Crippen LogP contribution in [0.5, 0.6) is 5.75 Å². The highest BCUT2D eigenvalue weighted by molar-refractivity contribution is 9.10. The van der Waals surface area contributed by atoms with Gasteiger partial charge < -0.3 is 15.0 Å². The van der Waals surface area contributed by atoms with Crippen molar-refractivity contribution in [1.29, 1.82) is 0 Å².